The molecular weight excluding hydrogens is 456 g/mol. The Hall–Kier alpha value is -2.08. The van der Waals surface area contributed by atoms with Crippen LogP contribution in [0.25, 0.3) is 5.57 Å². The van der Waals surface area contributed by atoms with Crippen molar-refractivity contribution in [1.29, 1.82) is 0 Å². The molecule has 0 bridgehead atoms. The molecule has 0 heteroatoms. The molecule has 1 aliphatic rings. The Morgan fingerprint density at radius 3 is 1.42 bits per heavy atom. The lowest BCUT2D eigenvalue weighted by Crippen LogP contribution is -2.45. The van der Waals surface area contributed by atoms with Gasteiger partial charge in [0.2, 0.25) is 0 Å². The van der Waals surface area contributed by atoms with Gasteiger partial charge in [0, 0.05) is 5.41 Å². The summed E-state index contributed by atoms with van der Waals surface area (Å²) >= 11 is 0. The highest BCUT2D eigenvalue weighted by atomic mass is 14.5. The molecule has 0 amide bonds. The van der Waals surface area contributed by atoms with E-state index in [4.69, 9.17) is 0 Å². The van der Waals surface area contributed by atoms with Gasteiger partial charge in [-0.2, -0.15) is 0 Å². The van der Waals surface area contributed by atoms with E-state index < -0.39 is 0 Å². The lowest BCUT2D eigenvalue weighted by atomic mass is 9.51. The summed E-state index contributed by atoms with van der Waals surface area (Å²) in [6.45, 7) is 28.5. The third kappa shape index (κ3) is 5.22. The highest BCUT2D eigenvalue weighted by Gasteiger charge is 2.51. The SMILES string of the molecule is CCC(C)(C)C1=C(c2ccc(C(C)(C)CC)cc2)C(c2ccc(C(C)(C)CC)cc2)(C(C)(C)CC)[CH]C=C1. The van der Waals surface area contributed by atoms with Crippen molar-refractivity contribution < 1.29 is 0 Å². The molecule has 3 rings (SSSR count). The zero-order valence-corrected chi connectivity index (χ0v) is 26.7. The van der Waals surface area contributed by atoms with Crippen LogP contribution in [-0.4, -0.2) is 0 Å². The van der Waals surface area contributed by atoms with E-state index >= 15 is 0 Å². The fourth-order valence-electron chi connectivity index (χ4n) is 5.96. The molecule has 0 fully saturated rings. The van der Waals surface area contributed by atoms with Crippen molar-refractivity contribution in [2.24, 2.45) is 10.8 Å². The quantitative estimate of drug-likeness (QED) is 0.297. The number of hydrogen-bond donors (Lipinski definition) is 0. The molecule has 1 unspecified atom stereocenters. The van der Waals surface area contributed by atoms with Crippen LogP contribution in [0.3, 0.4) is 0 Å². The van der Waals surface area contributed by atoms with E-state index in [0.29, 0.717) is 0 Å². The molecule has 0 spiro atoms. The summed E-state index contributed by atoms with van der Waals surface area (Å²) < 4.78 is 0. The van der Waals surface area contributed by atoms with Gasteiger partial charge in [-0.25, -0.2) is 0 Å². The summed E-state index contributed by atoms with van der Waals surface area (Å²) in [6, 6.07) is 19.3. The highest BCUT2D eigenvalue weighted by Crippen LogP contribution is 2.59. The van der Waals surface area contributed by atoms with Crippen molar-refractivity contribution in [2.45, 2.75) is 125 Å². The molecule has 1 radical (unpaired) electrons. The van der Waals surface area contributed by atoms with E-state index in [0.717, 1.165) is 25.7 Å². The lowest BCUT2D eigenvalue weighted by molar-refractivity contribution is 0.239. The van der Waals surface area contributed by atoms with Gasteiger partial charge >= 0.3 is 0 Å². The van der Waals surface area contributed by atoms with Crippen LogP contribution < -0.4 is 0 Å². The van der Waals surface area contributed by atoms with Crippen molar-refractivity contribution in [3.63, 3.8) is 0 Å². The molecule has 0 saturated carbocycles. The molecule has 0 aliphatic heterocycles. The molecule has 1 aliphatic carbocycles. The Morgan fingerprint density at radius 1 is 0.553 bits per heavy atom. The van der Waals surface area contributed by atoms with Gasteiger partial charge in [0.25, 0.3) is 0 Å². The van der Waals surface area contributed by atoms with Crippen LogP contribution in [0, 0.1) is 17.3 Å². The van der Waals surface area contributed by atoms with Crippen LogP contribution in [-0.2, 0) is 16.2 Å². The maximum atomic E-state index is 2.52. The molecule has 0 saturated heterocycles. The van der Waals surface area contributed by atoms with Crippen LogP contribution in [0.2, 0.25) is 0 Å². The second-order valence-electron chi connectivity index (χ2n) is 14.2. The molecule has 0 nitrogen and oxygen atoms in total. The Labute approximate surface area is 236 Å². The number of hydrogen-bond acceptors (Lipinski definition) is 0. The minimum Gasteiger partial charge on any atom is -0.0792 e. The molecule has 0 heterocycles. The fourth-order valence-corrected chi connectivity index (χ4v) is 5.96. The molecular formula is C38H55. The second-order valence-corrected chi connectivity index (χ2v) is 14.2. The molecule has 207 valence electrons. The number of rotatable bonds is 10. The number of allylic oxidation sites excluding steroid dienone is 4. The van der Waals surface area contributed by atoms with Gasteiger partial charge in [-0.1, -0.05) is 144 Å². The summed E-state index contributed by atoms with van der Waals surface area (Å²) in [5.41, 5.74) is 8.79. The average Bonchev–Trinajstić information content (AvgIpc) is 2.92. The number of benzene rings is 2. The van der Waals surface area contributed by atoms with Crippen molar-refractivity contribution in [1.82, 2.24) is 0 Å². The molecule has 1 atom stereocenters. The first kappa shape index (κ1) is 30.5. The topological polar surface area (TPSA) is 0 Å². The second kappa shape index (κ2) is 10.8. The van der Waals surface area contributed by atoms with E-state index in [9.17, 15) is 0 Å². The minimum absolute atomic E-state index is 0.0192. The maximum absolute atomic E-state index is 2.52. The van der Waals surface area contributed by atoms with Crippen molar-refractivity contribution in [2.75, 3.05) is 0 Å². The normalized spacial score (nSPS) is 19.3. The molecule has 2 aromatic rings. The highest BCUT2D eigenvalue weighted by molar-refractivity contribution is 5.85. The standard InChI is InChI=1S/C38H55/c1-13-34(5,6)29-21-19-28(20-22-29)33-32(36(9,10)15-3)18-17-27-38(33,37(11,12)16-4)31-25-23-30(24-26-31)35(7,8)14-2/h17-27H,13-16H2,1-12H3. The van der Waals surface area contributed by atoms with Gasteiger partial charge in [-0.15, -0.1) is 0 Å². The minimum atomic E-state index is -0.227. The van der Waals surface area contributed by atoms with E-state index in [1.165, 1.54) is 33.4 Å². The van der Waals surface area contributed by atoms with E-state index in [2.05, 4.69) is 150 Å². The lowest BCUT2D eigenvalue weighted by Gasteiger charge is -2.52. The smallest absolute Gasteiger partial charge is 0.0331 e. The predicted molar refractivity (Wildman–Crippen MR) is 170 cm³/mol. The summed E-state index contributed by atoms with van der Waals surface area (Å²) in [7, 11) is 0. The van der Waals surface area contributed by atoms with Gasteiger partial charge in [0.15, 0.2) is 0 Å². The first-order chi connectivity index (χ1) is 17.6. The van der Waals surface area contributed by atoms with Crippen molar-refractivity contribution in [3.8, 4) is 0 Å². The monoisotopic (exact) mass is 511 g/mol. The van der Waals surface area contributed by atoms with Crippen LogP contribution >= 0.6 is 0 Å². The first-order valence-corrected chi connectivity index (χ1v) is 15.1. The zero-order valence-electron chi connectivity index (χ0n) is 26.7. The Balaban J connectivity index is 2.39. The van der Waals surface area contributed by atoms with Crippen LogP contribution in [0.1, 0.15) is 131 Å². The summed E-state index contributed by atoms with van der Waals surface area (Å²) in [6.07, 6.45) is 11.7. The van der Waals surface area contributed by atoms with Gasteiger partial charge in [-0.3, -0.25) is 0 Å². The molecule has 38 heavy (non-hydrogen) atoms. The van der Waals surface area contributed by atoms with E-state index in [1.54, 1.807) is 0 Å². The van der Waals surface area contributed by atoms with E-state index in [-0.39, 0.29) is 27.1 Å². The zero-order chi connectivity index (χ0) is 28.6. The van der Waals surface area contributed by atoms with E-state index in [1.807, 2.05) is 0 Å². The van der Waals surface area contributed by atoms with Crippen molar-refractivity contribution >= 4 is 5.57 Å². The third-order valence-corrected chi connectivity index (χ3v) is 10.7. The van der Waals surface area contributed by atoms with Crippen LogP contribution in [0.5, 0.6) is 0 Å². The van der Waals surface area contributed by atoms with Gasteiger partial charge in [0.05, 0.1) is 0 Å². The summed E-state index contributed by atoms with van der Waals surface area (Å²) in [5, 5.41) is 0. The Morgan fingerprint density at radius 2 is 1.00 bits per heavy atom. The summed E-state index contributed by atoms with van der Waals surface area (Å²) in [4.78, 5) is 0. The summed E-state index contributed by atoms with van der Waals surface area (Å²) in [5.74, 6) is 0. The molecule has 2 aromatic carbocycles. The van der Waals surface area contributed by atoms with Gasteiger partial charge in [0.1, 0.15) is 0 Å². The molecule has 0 aromatic heterocycles. The van der Waals surface area contributed by atoms with Gasteiger partial charge < -0.3 is 0 Å². The average molecular weight is 512 g/mol. The van der Waals surface area contributed by atoms with Crippen molar-refractivity contribution in [3.05, 3.63) is 94.9 Å². The Kier molecular flexibility index (Phi) is 8.68. The Bertz CT molecular complexity index is 1150. The largest absolute Gasteiger partial charge is 0.0792 e. The molecule has 0 N–H and O–H groups in total. The third-order valence-electron chi connectivity index (χ3n) is 10.7. The van der Waals surface area contributed by atoms with Crippen LogP contribution in [0.4, 0.5) is 0 Å². The predicted octanol–water partition coefficient (Wildman–Crippen LogP) is 11.4. The fraction of sp³-hybridized carbons (Fsp3) is 0.553. The maximum Gasteiger partial charge on any atom is 0.0331 e. The first-order valence-electron chi connectivity index (χ1n) is 15.1. The van der Waals surface area contributed by atoms with Crippen LogP contribution in [0.15, 0.2) is 66.3 Å². The van der Waals surface area contributed by atoms with Gasteiger partial charge in [-0.05, 0) is 87.2 Å².